The van der Waals surface area contributed by atoms with Crippen molar-refractivity contribution in [1.29, 1.82) is 0 Å². The van der Waals surface area contributed by atoms with E-state index in [0.29, 0.717) is 23.1 Å². The molecule has 0 aliphatic rings. The van der Waals surface area contributed by atoms with Crippen molar-refractivity contribution in [3.63, 3.8) is 0 Å². The predicted octanol–water partition coefficient (Wildman–Crippen LogP) is 3.08. The first-order chi connectivity index (χ1) is 8.60. The van der Waals surface area contributed by atoms with Crippen LogP contribution < -0.4 is 15.2 Å². The minimum Gasteiger partial charge on any atom is -0.493 e. The summed E-state index contributed by atoms with van der Waals surface area (Å²) in [5.74, 6) is 1.66. The molecule has 0 saturated carbocycles. The van der Waals surface area contributed by atoms with E-state index in [1.807, 2.05) is 38.1 Å². The van der Waals surface area contributed by atoms with E-state index in [1.165, 1.54) is 0 Å². The van der Waals surface area contributed by atoms with Crippen molar-refractivity contribution in [2.45, 2.75) is 13.8 Å². The molecule has 0 amide bonds. The zero-order valence-electron chi connectivity index (χ0n) is 10.7. The van der Waals surface area contributed by atoms with Gasteiger partial charge in [-0.05, 0) is 43.2 Å². The molecule has 2 rings (SSSR count). The van der Waals surface area contributed by atoms with Gasteiger partial charge in [-0.25, -0.2) is 4.98 Å². The van der Waals surface area contributed by atoms with Crippen LogP contribution in [0.15, 0.2) is 30.5 Å². The van der Waals surface area contributed by atoms with E-state index >= 15 is 0 Å². The Morgan fingerprint density at radius 3 is 2.50 bits per heavy atom. The van der Waals surface area contributed by atoms with Crippen molar-refractivity contribution >= 4 is 5.69 Å². The Labute approximate surface area is 106 Å². The molecule has 94 valence electrons. The average molecular weight is 244 g/mol. The van der Waals surface area contributed by atoms with Gasteiger partial charge in [0.25, 0.3) is 0 Å². The first-order valence-corrected chi connectivity index (χ1v) is 5.65. The number of methoxy groups -OCH3 is 1. The quantitative estimate of drug-likeness (QED) is 0.901. The van der Waals surface area contributed by atoms with Gasteiger partial charge in [-0.15, -0.1) is 0 Å². The number of aromatic nitrogens is 1. The maximum Gasteiger partial charge on any atom is 0.242 e. The smallest absolute Gasteiger partial charge is 0.242 e. The normalized spacial score (nSPS) is 10.2. The van der Waals surface area contributed by atoms with E-state index in [9.17, 15) is 0 Å². The molecule has 0 radical (unpaired) electrons. The Morgan fingerprint density at radius 1 is 1.06 bits per heavy atom. The molecule has 18 heavy (non-hydrogen) atoms. The summed E-state index contributed by atoms with van der Waals surface area (Å²) in [6, 6.07) is 7.51. The molecule has 0 fully saturated rings. The molecule has 2 aromatic rings. The zero-order valence-corrected chi connectivity index (χ0v) is 10.7. The van der Waals surface area contributed by atoms with Gasteiger partial charge in [-0.2, -0.15) is 0 Å². The summed E-state index contributed by atoms with van der Waals surface area (Å²) in [4.78, 5) is 4.17. The first kappa shape index (κ1) is 12.2. The van der Waals surface area contributed by atoms with E-state index in [0.717, 1.165) is 11.1 Å². The number of ether oxygens (including phenoxy) is 2. The standard InChI is InChI=1S/C14H16N2O2/c1-9-4-5-12(13(7-9)17-3)18-14-11(15)6-10(2)8-16-14/h4-8H,15H2,1-3H3. The zero-order chi connectivity index (χ0) is 13.1. The third-order valence-electron chi connectivity index (χ3n) is 2.54. The van der Waals surface area contributed by atoms with Crippen molar-refractivity contribution in [2.24, 2.45) is 0 Å². The highest BCUT2D eigenvalue weighted by atomic mass is 16.5. The van der Waals surface area contributed by atoms with Crippen LogP contribution in [0.2, 0.25) is 0 Å². The monoisotopic (exact) mass is 244 g/mol. The molecular formula is C14H16N2O2. The molecule has 0 saturated heterocycles. The lowest BCUT2D eigenvalue weighted by molar-refractivity contribution is 0.374. The molecule has 0 spiro atoms. The summed E-state index contributed by atoms with van der Waals surface area (Å²) in [6.45, 7) is 3.92. The van der Waals surface area contributed by atoms with Gasteiger partial charge < -0.3 is 15.2 Å². The van der Waals surface area contributed by atoms with Crippen molar-refractivity contribution < 1.29 is 9.47 Å². The fourth-order valence-electron chi connectivity index (χ4n) is 1.63. The lowest BCUT2D eigenvalue weighted by atomic mass is 10.2. The first-order valence-electron chi connectivity index (χ1n) is 5.65. The van der Waals surface area contributed by atoms with Crippen LogP contribution >= 0.6 is 0 Å². The van der Waals surface area contributed by atoms with E-state index in [1.54, 1.807) is 13.3 Å². The molecule has 2 N–H and O–H groups in total. The number of nitrogens with zero attached hydrogens (tertiary/aromatic N) is 1. The van der Waals surface area contributed by atoms with Crippen LogP contribution in [0, 0.1) is 13.8 Å². The summed E-state index contributed by atoms with van der Waals surface area (Å²) in [7, 11) is 1.60. The molecule has 1 aromatic heterocycles. The summed E-state index contributed by atoms with van der Waals surface area (Å²) in [5.41, 5.74) is 8.47. The second kappa shape index (κ2) is 4.96. The number of rotatable bonds is 3. The summed E-state index contributed by atoms with van der Waals surface area (Å²) < 4.78 is 10.9. The Kier molecular flexibility index (Phi) is 3.37. The highest BCUT2D eigenvalue weighted by Crippen LogP contribution is 2.33. The highest BCUT2D eigenvalue weighted by Gasteiger charge is 2.09. The van der Waals surface area contributed by atoms with Gasteiger partial charge in [-0.3, -0.25) is 0 Å². The Morgan fingerprint density at radius 2 is 1.83 bits per heavy atom. The molecule has 4 nitrogen and oxygen atoms in total. The molecule has 4 heteroatoms. The third-order valence-corrected chi connectivity index (χ3v) is 2.54. The Balaban J connectivity index is 2.33. The summed E-state index contributed by atoms with van der Waals surface area (Å²) in [6.07, 6.45) is 1.71. The van der Waals surface area contributed by atoms with Crippen molar-refractivity contribution in [3.8, 4) is 17.4 Å². The lowest BCUT2D eigenvalue weighted by Crippen LogP contribution is -1.97. The van der Waals surface area contributed by atoms with Crippen molar-refractivity contribution in [1.82, 2.24) is 4.98 Å². The number of hydrogen-bond acceptors (Lipinski definition) is 4. The number of nitrogen functional groups attached to an aromatic ring is 1. The van der Waals surface area contributed by atoms with Crippen LogP contribution in [-0.4, -0.2) is 12.1 Å². The number of aryl methyl sites for hydroxylation is 2. The van der Waals surface area contributed by atoms with Crippen molar-refractivity contribution in [3.05, 3.63) is 41.6 Å². The van der Waals surface area contributed by atoms with Gasteiger partial charge in [-0.1, -0.05) is 6.07 Å². The van der Waals surface area contributed by atoms with E-state index in [4.69, 9.17) is 15.2 Å². The molecule has 0 aliphatic heterocycles. The highest BCUT2D eigenvalue weighted by molar-refractivity contribution is 5.53. The molecule has 0 unspecified atom stereocenters. The largest absolute Gasteiger partial charge is 0.493 e. The minimum atomic E-state index is 0.391. The summed E-state index contributed by atoms with van der Waals surface area (Å²) in [5, 5.41) is 0. The fourth-order valence-corrected chi connectivity index (χ4v) is 1.63. The van der Waals surface area contributed by atoms with Gasteiger partial charge in [0.05, 0.1) is 12.8 Å². The third kappa shape index (κ3) is 2.53. The van der Waals surface area contributed by atoms with Crippen LogP contribution in [0.4, 0.5) is 5.69 Å². The molecule has 1 aromatic carbocycles. The SMILES string of the molecule is COc1cc(C)ccc1Oc1ncc(C)cc1N. The predicted molar refractivity (Wildman–Crippen MR) is 71.2 cm³/mol. The van der Waals surface area contributed by atoms with Crippen LogP contribution in [-0.2, 0) is 0 Å². The minimum absolute atomic E-state index is 0.391. The number of pyridine rings is 1. The second-order valence-corrected chi connectivity index (χ2v) is 4.16. The molecule has 1 heterocycles. The second-order valence-electron chi connectivity index (χ2n) is 4.16. The van der Waals surface area contributed by atoms with Crippen LogP contribution in [0.25, 0.3) is 0 Å². The van der Waals surface area contributed by atoms with Gasteiger partial charge in [0.1, 0.15) is 0 Å². The molecule has 0 aliphatic carbocycles. The number of benzene rings is 1. The number of anilines is 1. The summed E-state index contributed by atoms with van der Waals surface area (Å²) >= 11 is 0. The Hall–Kier alpha value is -2.23. The van der Waals surface area contributed by atoms with Gasteiger partial charge in [0, 0.05) is 6.20 Å². The fraction of sp³-hybridized carbons (Fsp3) is 0.214. The van der Waals surface area contributed by atoms with Gasteiger partial charge in [0.15, 0.2) is 11.5 Å². The number of hydrogen-bond donors (Lipinski definition) is 1. The van der Waals surface area contributed by atoms with Crippen LogP contribution in [0.1, 0.15) is 11.1 Å². The van der Waals surface area contributed by atoms with Gasteiger partial charge in [0.2, 0.25) is 5.88 Å². The van der Waals surface area contributed by atoms with E-state index in [2.05, 4.69) is 4.98 Å². The van der Waals surface area contributed by atoms with Gasteiger partial charge >= 0.3 is 0 Å². The van der Waals surface area contributed by atoms with Crippen molar-refractivity contribution in [2.75, 3.05) is 12.8 Å². The van der Waals surface area contributed by atoms with E-state index < -0.39 is 0 Å². The maximum absolute atomic E-state index is 5.86. The van der Waals surface area contributed by atoms with Crippen LogP contribution in [0.3, 0.4) is 0 Å². The molecular weight excluding hydrogens is 228 g/mol. The van der Waals surface area contributed by atoms with E-state index in [-0.39, 0.29) is 0 Å². The molecule has 0 bridgehead atoms. The number of nitrogens with two attached hydrogens (primary N) is 1. The average Bonchev–Trinajstić information content (AvgIpc) is 2.34. The van der Waals surface area contributed by atoms with Crippen LogP contribution in [0.5, 0.6) is 17.4 Å². The lowest BCUT2D eigenvalue weighted by Gasteiger charge is -2.11. The molecule has 0 atom stereocenters. The maximum atomic E-state index is 5.86. The Bertz CT molecular complexity index is 568. The topological polar surface area (TPSA) is 57.4 Å².